The lowest BCUT2D eigenvalue weighted by Gasteiger charge is -2.34. The summed E-state index contributed by atoms with van der Waals surface area (Å²) < 4.78 is 0. The first kappa shape index (κ1) is 15.5. The fourth-order valence-electron chi connectivity index (χ4n) is 3.55. The second-order valence-electron chi connectivity index (χ2n) is 6.06. The van der Waals surface area contributed by atoms with Gasteiger partial charge in [-0.3, -0.25) is 9.59 Å². The molecule has 1 N–H and O–H groups in total. The molecule has 1 heterocycles. The smallest absolute Gasteiger partial charge is 0.312 e. The first-order valence-electron chi connectivity index (χ1n) is 7.46. The van der Waals surface area contributed by atoms with Gasteiger partial charge in [0.25, 0.3) is 0 Å². The third-order valence-electron chi connectivity index (χ3n) is 5.13. The summed E-state index contributed by atoms with van der Waals surface area (Å²) in [6.07, 6.45) is 0.546. The second-order valence-corrected chi connectivity index (χ2v) is 6.06. The fraction of sp³-hybridized carbons (Fsp3) is 0.529. The van der Waals surface area contributed by atoms with Gasteiger partial charge in [-0.1, -0.05) is 37.3 Å². The molecule has 1 aromatic carbocycles. The molecule has 1 aliphatic heterocycles. The van der Waals surface area contributed by atoms with Crippen LogP contribution in [0.5, 0.6) is 0 Å². The van der Waals surface area contributed by atoms with E-state index in [0.29, 0.717) is 6.42 Å². The van der Waals surface area contributed by atoms with Crippen molar-refractivity contribution in [2.45, 2.75) is 46.2 Å². The van der Waals surface area contributed by atoms with Crippen LogP contribution < -0.4 is 0 Å². The molecule has 0 aromatic heterocycles. The van der Waals surface area contributed by atoms with E-state index in [0.717, 1.165) is 5.56 Å². The van der Waals surface area contributed by atoms with E-state index in [1.54, 1.807) is 11.8 Å². The molecule has 4 heteroatoms. The van der Waals surface area contributed by atoms with Crippen molar-refractivity contribution in [2.24, 2.45) is 11.3 Å². The van der Waals surface area contributed by atoms with Gasteiger partial charge in [0.1, 0.15) is 0 Å². The molecule has 114 valence electrons. The number of carboxylic acids is 1. The lowest BCUT2D eigenvalue weighted by atomic mass is 9.74. The van der Waals surface area contributed by atoms with Crippen LogP contribution in [0.2, 0.25) is 0 Å². The average molecular weight is 289 g/mol. The van der Waals surface area contributed by atoms with Crippen LogP contribution >= 0.6 is 0 Å². The second kappa shape index (κ2) is 5.51. The Morgan fingerprint density at radius 2 is 1.95 bits per heavy atom. The molecule has 1 saturated heterocycles. The summed E-state index contributed by atoms with van der Waals surface area (Å²) in [5, 5.41) is 9.65. The van der Waals surface area contributed by atoms with Crippen LogP contribution in [0.3, 0.4) is 0 Å². The van der Waals surface area contributed by atoms with E-state index in [1.165, 1.54) is 0 Å². The van der Waals surface area contributed by atoms with Gasteiger partial charge in [0.2, 0.25) is 5.91 Å². The van der Waals surface area contributed by atoms with E-state index in [9.17, 15) is 14.7 Å². The minimum absolute atomic E-state index is 0.0498. The van der Waals surface area contributed by atoms with E-state index < -0.39 is 17.3 Å². The number of amides is 1. The van der Waals surface area contributed by atoms with E-state index in [2.05, 4.69) is 0 Å². The molecule has 0 aliphatic carbocycles. The first-order valence-corrected chi connectivity index (χ1v) is 7.46. The van der Waals surface area contributed by atoms with Crippen molar-refractivity contribution in [2.75, 3.05) is 0 Å². The Bertz CT molecular complexity index is 542. The molecular formula is C17H23NO3. The zero-order valence-corrected chi connectivity index (χ0v) is 13.0. The van der Waals surface area contributed by atoms with Crippen LogP contribution in [0.15, 0.2) is 30.3 Å². The van der Waals surface area contributed by atoms with Crippen LogP contribution in [-0.4, -0.2) is 27.9 Å². The number of hydrogen-bond donors (Lipinski definition) is 1. The van der Waals surface area contributed by atoms with Gasteiger partial charge in [-0.05, 0) is 32.8 Å². The molecule has 1 aliphatic rings. The van der Waals surface area contributed by atoms with Gasteiger partial charge in [-0.15, -0.1) is 0 Å². The van der Waals surface area contributed by atoms with Gasteiger partial charge in [0.05, 0.1) is 17.4 Å². The molecule has 4 atom stereocenters. The number of carbonyl (C=O) groups is 2. The largest absolute Gasteiger partial charge is 0.481 e. The lowest BCUT2D eigenvalue weighted by molar-refractivity contribution is -0.152. The summed E-state index contributed by atoms with van der Waals surface area (Å²) in [6.45, 7) is 7.39. The van der Waals surface area contributed by atoms with Crippen molar-refractivity contribution in [1.82, 2.24) is 4.90 Å². The molecule has 0 bridgehead atoms. The van der Waals surface area contributed by atoms with Gasteiger partial charge >= 0.3 is 5.97 Å². The summed E-state index contributed by atoms with van der Waals surface area (Å²) >= 11 is 0. The molecule has 0 spiro atoms. The molecule has 1 amide bonds. The summed E-state index contributed by atoms with van der Waals surface area (Å²) in [5.41, 5.74) is -0.00306. The van der Waals surface area contributed by atoms with Gasteiger partial charge in [0, 0.05) is 6.04 Å². The van der Waals surface area contributed by atoms with Crippen LogP contribution in [0.25, 0.3) is 0 Å². The SMILES string of the molecule is CC[C@H]1C(=O)N([C@H](C)c2ccccc2)C(C)[C@]1(C)C(=O)O. The van der Waals surface area contributed by atoms with Gasteiger partial charge in [-0.2, -0.15) is 0 Å². The molecule has 21 heavy (non-hydrogen) atoms. The Hall–Kier alpha value is -1.84. The van der Waals surface area contributed by atoms with Crippen LogP contribution in [0.4, 0.5) is 0 Å². The maximum absolute atomic E-state index is 12.7. The van der Waals surface area contributed by atoms with Crippen molar-refractivity contribution in [1.29, 1.82) is 0 Å². The molecule has 0 radical (unpaired) electrons. The molecule has 0 saturated carbocycles. The Morgan fingerprint density at radius 3 is 2.38 bits per heavy atom. The van der Waals surface area contributed by atoms with Gasteiger partial charge in [-0.25, -0.2) is 0 Å². The summed E-state index contributed by atoms with van der Waals surface area (Å²) in [4.78, 5) is 26.3. The topological polar surface area (TPSA) is 57.6 Å². The van der Waals surface area contributed by atoms with E-state index in [4.69, 9.17) is 0 Å². The highest BCUT2D eigenvalue weighted by Gasteiger charge is 2.59. The van der Waals surface area contributed by atoms with Crippen molar-refractivity contribution >= 4 is 11.9 Å². The summed E-state index contributed by atoms with van der Waals surface area (Å²) in [5.74, 6) is -1.40. The van der Waals surface area contributed by atoms with Gasteiger partial charge < -0.3 is 10.0 Å². The minimum atomic E-state index is -1.03. The van der Waals surface area contributed by atoms with E-state index in [1.807, 2.05) is 51.1 Å². The highest BCUT2D eigenvalue weighted by molar-refractivity contribution is 5.92. The zero-order valence-electron chi connectivity index (χ0n) is 13.0. The Balaban J connectivity index is 2.42. The number of hydrogen-bond acceptors (Lipinski definition) is 2. The molecule has 2 rings (SSSR count). The Labute approximate surface area is 125 Å². The Morgan fingerprint density at radius 1 is 1.38 bits per heavy atom. The minimum Gasteiger partial charge on any atom is -0.481 e. The third kappa shape index (κ3) is 2.23. The number of carbonyl (C=O) groups excluding carboxylic acids is 1. The number of rotatable bonds is 4. The fourth-order valence-corrected chi connectivity index (χ4v) is 3.55. The molecule has 1 fully saturated rings. The van der Waals surface area contributed by atoms with Crippen molar-refractivity contribution in [3.05, 3.63) is 35.9 Å². The van der Waals surface area contributed by atoms with Crippen molar-refractivity contribution < 1.29 is 14.7 Å². The van der Waals surface area contributed by atoms with Crippen LogP contribution in [0, 0.1) is 11.3 Å². The molecular weight excluding hydrogens is 266 g/mol. The van der Waals surface area contributed by atoms with Gasteiger partial charge in [0.15, 0.2) is 0 Å². The van der Waals surface area contributed by atoms with E-state index in [-0.39, 0.29) is 18.0 Å². The normalized spacial score (nSPS) is 30.5. The number of carboxylic acid groups (broad SMARTS) is 1. The highest BCUT2D eigenvalue weighted by Crippen LogP contribution is 2.47. The Kier molecular flexibility index (Phi) is 4.08. The number of aliphatic carboxylic acids is 1. The molecule has 1 unspecified atom stereocenters. The van der Waals surface area contributed by atoms with Crippen molar-refractivity contribution in [3.8, 4) is 0 Å². The molecule has 4 nitrogen and oxygen atoms in total. The van der Waals surface area contributed by atoms with Crippen LogP contribution in [-0.2, 0) is 9.59 Å². The molecule has 1 aromatic rings. The maximum atomic E-state index is 12.7. The zero-order chi connectivity index (χ0) is 15.8. The summed E-state index contributed by atoms with van der Waals surface area (Å²) in [6, 6.07) is 9.30. The number of benzene rings is 1. The summed E-state index contributed by atoms with van der Waals surface area (Å²) in [7, 11) is 0. The quantitative estimate of drug-likeness (QED) is 0.926. The number of likely N-dealkylation sites (tertiary alicyclic amines) is 1. The van der Waals surface area contributed by atoms with Crippen LogP contribution in [0.1, 0.15) is 45.7 Å². The average Bonchev–Trinajstić information content (AvgIpc) is 2.67. The lowest BCUT2D eigenvalue weighted by Crippen LogP contribution is -2.43. The highest BCUT2D eigenvalue weighted by atomic mass is 16.4. The maximum Gasteiger partial charge on any atom is 0.312 e. The predicted octanol–water partition coefficient (Wildman–Crippen LogP) is 3.10. The van der Waals surface area contributed by atoms with E-state index >= 15 is 0 Å². The predicted molar refractivity (Wildman–Crippen MR) is 80.7 cm³/mol. The third-order valence-corrected chi connectivity index (χ3v) is 5.13. The first-order chi connectivity index (χ1) is 9.85. The number of nitrogens with zero attached hydrogens (tertiary/aromatic N) is 1. The van der Waals surface area contributed by atoms with Crippen molar-refractivity contribution in [3.63, 3.8) is 0 Å². The standard InChI is InChI=1S/C17H23NO3/c1-5-14-15(19)18(12(3)17(14,4)16(20)21)11(2)13-9-7-6-8-10-13/h6-12,14H,5H2,1-4H3,(H,20,21)/t11-,12?,14+,17+/m1/s1. The monoisotopic (exact) mass is 289 g/mol.